The monoisotopic (exact) mass is 496 g/mol. The van der Waals surface area contributed by atoms with Crippen LogP contribution in [0.5, 0.6) is 17.4 Å². The van der Waals surface area contributed by atoms with E-state index in [1.807, 2.05) is 49.5 Å². The summed E-state index contributed by atoms with van der Waals surface area (Å²) in [5.74, 6) is 2.76. The zero-order chi connectivity index (χ0) is 18.9. The number of aromatic nitrogens is 1. The number of aliphatic imine (C=N–C) groups is 1. The molecule has 6 nitrogen and oxygen atoms in total. The molecular weight excluding hydrogens is 467 g/mol. The lowest BCUT2D eigenvalue weighted by molar-refractivity contribution is 0.319. The normalized spacial score (nSPS) is 14.3. The topological polar surface area (TPSA) is 67.8 Å². The Morgan fingerprint density at radius 3 is 2.54 bits per heavy atom. The highest BCUT2D eigenvalue weighted by Gasteiger charge is 2.15. The minimum Gasteiger partial charge on any atom is -0.490 e. The summed E-state index contributed by atoms with van der Waals surface area (Å²) in [5.41, 5.74) is 1.06. The summed E-state index contributed by atoms with van der Waals surface area (Å²) in [7, 11) is 1.80. The molecule has 7 heteroatoms. The van der Waals surface area contributed by atoms with Crippen LogP contribution < -0.4 is 20.1 Å². The van der Waals surface area contributed by atoms with Crippen LogP contribution in [0.1, 0.15) is 38.2 Å². The number of pyridine rings is 1. The third-order valence-corrected chi connectivity index (χ3v) is 4.54. The molecule has 0 spiro atoms. The van der Waals surface area contributed by atoms with Crippen molar-refractivity contribution in [1.29, 1.82) is 0 Å². The number of rotatable bonds is 7. The molecule has 1 aliphatic carbocycles. The first-order valence-electron chi connectivity index (χ1n) is 9.60. The Bertz CT molecular complexity index is 746. The summed E-state index contributed by atoms with van der Waals surface area (Å²) in [4.78, 5) is 8.71. The average Bonchev–Trinajstić information content (AvgIpc) is 3.21. The summed E-state index contributed by atoms with van der Waals surface area (Å²) in [6.07, 6.45) is 6.85. The van der Waals surface area contributed by atoms with Crippen molar-refractivity contribution in [2.45, 2.75) is 45.2 Å². The van der Waals surface area contributed by atoms with Gasteiger partial charge in [0.25, 0.3) is 0 Å². The Balaban J connectivity index is 0.00000280. The molecule has 28 heavy (non-hydrogen) atoms. The summed E-state index contributed by atoms with van der Waals surface area (Å²) < 4.78 is 11.4. The fourth-order valence-electron chi connectivity index (χ4n) is 3.14. The molecule has 1 saturated carbocycles. The Morgan fingerprint density at radius 1 is 1.14 bits per heavy atom. The molecule has 0 bridgehead atoms. The van der Waals surface area contributed by atoms with Crippen molar-refractivity contribution in [3.05, 3.63) is 48.2 Å². The first-order chi connectivity index (χ1) is 13.3. The number of para-hydroxylation sites is 2. The molecule has 0 unspecified atom stereocenters. The molecule has 2 aromatic rings. The van der Waals surface area contributed by atoms with Gasteiger partial charge in [0.1, 0.15) is 0 Å². The lowest BCUT2D eigenvalue weighted by Gasteiger charge is -2.16. The molecule has 1 aliphatic rings. The van der Waals surface area contributed by atoms with Gasteiger partial charge < -0.3 is 20.1 Å². The Morgan fingerprint density at radius 2 is 1.89 bits per heavy atom. The third kappa shape index (κ3) is 6.54. The number of guanidine groups is 1. The SMILES string of the molecule is CCOc1ccccc1Oc1ccc(CNC(=NC)NC2CCCC2)cn1.I. The average molecular weight is 496 g/mol. The zero-order valence-corrected chi connectivity index (χ0v) is 18.8. The number of hydrogen-bond donors (Lipinski definition) is 2. The van der Waals surface area contributed by atoms with Gasteiger partial charge in [-0.05, 0) is 37.5 Å². The number of ether oxygens (including phenoxy) is 2. The van der Waals surface area contributed by atoms with Crippen molar-refractivity contribution in [2.24, 2.45) is 4.99 Å². The van der Waals surface area contributed by atoms with Gasteiger partial charge in [-0.25, -0.2) is 4.98 Å². The number of nitrogens with one attached hydrogen (secondary N) is 2. The van der Waals surface area contributed by atoms with E-state index in [2.05, 4.69) is 20.6 Å². The number of halogens is 1. The minimum atomic E-state index is 0. The summed E-state index contributed by atoms with van der Waals surface area (Å²) in [5, 5.41) is 6.82. The minimum absolute atomic E-state index is 0. The van der Waals surface area contributed by atoms with Gasteiger partial charge in [0, 0.05) is 31.9 Å². The van der Waals surface area contributed by atoms with Crippen LogP contribution in [-0.2, 0) is 6.54 Å². The lowest BCUT2D eigenvalue weighted by atomic mass is 10.2. The third-order valence-electron chi connectivity index (χ3n) is 4.54. The highest BCUT2D eigenvalue weighted by Crippen LogP contribution is 2.30. The number of nitrogens with zero attached hydrogens (tertiary/aromatic N) is 2. The number of benzene rings is 1. The van der Waals surface area contributed by atoms with Crippen LogP contribution in [0.15, 0.2) is 47.6 Å². The van der Waals surface area contributed by atoms with Gasteiger partial charge >= 0.3 is 0 Å². The van der Waals surface area contributed by atoms with Crippen molar-refractivity contribution in [3.63, 3.8) is 0 Å². The van der Waals surface area contributed by atoms with Crippen molar-refractivity contribution in [1.82, 2.24) is 15.6 Å². The highest BCUT2D eigenvalue weighted by atomic mass is 127. The van der Waals surface area contributed by atoms with E-state index in [4.69, 9.17) is 9.47 Å². The maximum atomic E-state index is 5.86. The molecule has 0 aliphatic heterocycles. The van der Waals surface area contributed by atoms with E-state index in [-0.39, 0.29) is 24.0 Å². The van der Waals surface area contributed by atoms with E-state index >= 15 is 0 Å². The first kappa shape index (κ1) is 22.3. The second-order valence-corrected chi connectivity index (χ2v) is 6.54. The molecule has 0 atom stereocenters. The predicted molar refractivity (Wildman–Crippen MR) is 123 cm³/mol. The highest BCUT2D eigenvalue weighted by molar-refractivity contribution is 14.0. The second-order valence-electron chi connectivity index (χ2n) is 6.54. The molecule has 2 N–H and O–H groups in total. The summed E-state index contributed by atoms with van der Waals surface area (Å²) >= 11 is 0. The molecule has 1 fully saturated rings. The smallest absolute Gasteiger partial charge is 0.219 e. The van der Waals surface area contributed by atoms with Crippen molar-refractivity contribution >= 4 is 29.9 Å². The van der Waals surface area contributed by atoms with E-state index in [0.29, 0.717) is 36.6 Å². The maximum absolute atomic E-state index is 5.86. The van der Waals surface area contributed by atoms with Crippen LogP contribution in [0.25, 0.3) is 0 Å². The largest absolute Gasteiger partial charge is 0.490 e. The molecule has 0 amide bonds. The van der Waals surface area contributed by atoms with E-state index in [1.54, 1.807) is 7.05 Å². The van der Waals surface area contributed by atoms with Gasteiger partial charge in [-0.2, -0.15) is 0 Å². The van der Waals surface area contributed by atoms with Gasteiger partial charge in [0.2, 0.25) is 5.88 Å². The van der Waals surface area contributed by atoms with Crippen LogP contribution in [-0.4, -0.2) is 30.6 Å². The molecule has 152 valence electrons. The molecule has 0 saturated heterocycles. The van der Waals surface area contributed by atoms with Crippen molar-refractivity contribution in [2.75, 3.05) is 13.7 Å². The van der Waals surface area contributed by atoms with Crippen LogP contribution in [0.4, 0.5) is 0 Å². The Kier molecular flexibility index (Phi) is 9.33. The molecule has 1 heterocycles. The quantitative estimate of drug-likeness (QED) is 0.336. The van der Waals surface area contributed by atoms with Gasteiger partial charge in [-0.3, -0.25) is 4.99 Å². The molecule has 1 aromatic carbocycles. The lowest BCUT2D eigenvalue weighted by Crippen LogP contribution is -2.41. The first-order valence-corrected chi connectivity index (χ1v) is 9.60. The van der Waals surface area contributed by atoms with Crippen LogP contribution in [0.2, 0.25) is 0 Å². The summed E-state index contributed by atoms with van der Waals surface area (Å²) in [6.45, 7) is 3.20. The standard InChI is InChI=1S/C21H28N4O2.HI/c1-3-26-18-10-6-7-11-19(18)27-20-13-12-16(14-23-20)15-24-21(22-2)25-17-8-4-5-9-17;/h6-7,10-14,17H,3-5,8-9,15H2,1-2H3,(H2,22,24,25);1H. The predicted octanol–water partition coefficient (Wildman–Crippen LogP) is 4.50. The van der Waals surface area contributed by atoms with Crippen LogP contribution >= 0.6 is 24.0 Å². The summed E-state index contributed by atoms with van der Waals surface area (Å²) in [6, 6.07) is 12.0. The van der Waals surface area contributed by atoms with E-state index in [1.165, 1.54) is 25.7 Å². The fraction of sp³-hybridized carbons (Fsp3) is 0.429. The second kappa shape index (κ2) is 11.7. The molecule has 3 rings (SSSR count). The van der Waals surface area contributed by atoms with E-state index in [9.17, 15) is 0 Å². The molecular formula is C21H29IN4O2. The Labute approximate surface area is 184 Å². The van der Waals surface area contributed by atoms with Gasteiger partial charge in [0.15, 0.2) is 17.5 Å². The van der Waals surface area contributed by atoms with Gasteiger partial charge in [-0.15, -0.1) is 24.0 Å². The molecule has 1 aromatic heterocycles. The Hall–Kier alpha value is -2.03. The molecule has 0 radical (unpaired) electrons. The van der Waals surface area contributed by atoms with Gasteiger partial charge in [0.05, 0.1) is 6.61 Å². The fourth-order valence-corrected chi connectivity index (χ4v) is 3.14. The maximum Gasteiger partial charge on any atom is 0.219 e. The van der Waals surface area contributed by atoms with E-state index in [0.717, 1.165) is 11.5 Å². The van der Waals surface area contributed by atoms with Crippen molar-refractivity contribution < 1.29 is 9.47 Å². The van der Waals surface area contributed by atoms with Crippen LogP contribution in [0.3, 0.4) is 0 Å². The zero-order valence-electron chi connectivity index (χ0n) is 16.5. The van der Waals surface area contributed by atoms with Crippen LogP contribution in [0, 0.1) is 0 Å². The van der Waals surface area contributed by atoms with E-state index < -0.39 is 0 Å². The van der Waals surface area contributed by atoms with Gasteiger partial charge in [-0.1, -0.05) is 31.0 Å². The van der Waals surface area contributed by atoms with Crippen molar-refractivity contribution in [3.8, 4) is 17.4 Å². The number of hydrogen-bond acceptors (Lipinski definition) is 4.